The van der Waals surface area contributed by atoms with Gasteiger partial charge in [-0.15, -0.1) is 0 Å². The van der Waals surface area contributed by atoms with Gasteiger partial charge >= 0.3 is 6.09 Å². The zero-order valence-electron chi connectivity index (χ0n) is 13.9. The minimum absolute atomic E-state index is 0.0255. The van der Waals surface area contributed by atoms with E-state index in [0.29, 0.717) is 19.4 Å². The Balaban J connectivity index is 2.04. The van der Waals surface area contributed by atoms with E-state index in [1.54, 1.807) is 45.3 Å². The number of carbonyl (C=O) groups excluding carboxylic acids is 1. The summed E-state index contributed by atoms with van der Waals surface area (Å²) in [6.45, 7) is 6.13. The Morgan fingerprint density at radius 1 is 1.35 bits per heavy atom. The van der Waals surface area contributed by atoms with Gasteiger partial charge in [-0.25, -0.2) is 13.2 Å². The smallest absolute Gasteiger partial charge is 0.410 e. The highest BCUT2D eigenvalue weighted by Crippen LogP contribution is 2.22. The van der Waals surface area contributed by atoms with Crippen molar-refractivity contribution in [1.29, 1.82) is 0 Å². The molecule has 2 heterocycles. The molecule has 0 saturated carbocycles. The molecule has 23 heavy (non-hydrogen) atoms. The maximum Gasteiger partial charge on any atom is 0.410 e. The van der Waals surface area contributed by atoms with E-state index in [1.165, 1.54) is 4.90 Å². The van der Waals surface area contributed by atoms with Crippen molar-refractivity contribution in [2.45, 2.75) is 50.2 Å². The lowest BCUT2D eigenvalue weighted by molar-refractivity contribution is 0.0219. The molecule has 0 spiro atoms. The predicted molar refractivity (Wildman–Crippen MR) is 87.7 cm³/mol. The molecule has 1 aromatic heterocycles. The van der Waals surface area contributed by atoms with Crippen molar-refractivity contribution in [3.63, 3.8) is 0 Å². The van der Waals surface area contributed by atoms with Crippen LogP contribution in [0.3, 0.4) is 0 Å². The van der Waals surface area contributed by atoms with Gasteiger partial charge < -0.3 is 9.64 Å². The number of aromatic nitrogens is 1. The van der Waals surface area contributed by atoms with Gasteiger partial charge in [-0.2, -0.15) is 0 Å². The predicted octanol–water partition coefficient (Wildman–Crippen LogP) is 2.40. The minimum atomic E-state index is -3.32. The quantitative estimate of drug-likeness (QED) is 0.844. The van der Waals surface area contributed by atoms with Crippen LogP contribution in [-0.2, 0) is 20.3 Å². The molecule has 1 atom stereocenters. The second-order valence-corrected chi connectivity index (χ2v) is 9.13. The highest BCUT2D eigenvalue weighted by atomic mass is 32.2. The molecular weight excluding hydrogens is 316 g/mol. The Bertz CT molecular complexity index is 638. The van der Waals surface area contributed by atoms with Crippen LogP contribution in [0.15, 0.2) is 24.5 Å². The second-order valence-electron chi connectivity index (χ2n) is 6.85. The van der Waals surface area contributed by atoms with E-state index in [4.69, 9.17) is 4.74 Å². The molecule has 1 aliphatic rings. The molecular formula is C16H24N2O4S. The maximum atomic E-state index is 12.6. The number of hydrogen-bond donors (Lipinski definition) is 0. The Hall–Kier alpha value is -1.63. The first-order chi connectivity index (χ1) is 10.7. The normalized spacial score (nSPS) is 19.4. The lowest BCUT2D eigenvalue weighted by Gasteiger charge is -2.33. The Labute approximate surface area is 137 Å². The summed E-state index contributed by atoms with van der Waals surface area (Å²) in [5.74, 6) is -0.0255. The molecule has 1 aromatic rings. The zero-order chi connectivity index (χ0) is 17.1. The van der Waals surface area contributed by atoms with Gasteiger partial charge in [0.25, 0.3) is 0 Å². The van der Waals surface area contributed by atoms with Crippen LogP contribution in [0, 0.1) is 0 Å². The third-order valence-electron chi connectivity index (χ3n) is 3.65. The van der Waals surface area contributed by atoms with Crippen LogP contribution in [0.5, 0.6) is 0 Å². The summed E-state index contributed by atoms with van der Waals surface area (Å²) in [4.78, 5) is 17.5. The van der Waals surface area contributed by atoms with Crippen molar-refractivity contribution >= 4 is 15.9 Å². The fourth-order valence-electron chi connectivity index (χ4n) is 2.55. The highest BCUT2D eigenvalue weighted by molar-refractivity contribution is 7.91. The van der Waals surface area contributed by atoms with Crippen molar-refractivity contribution in [3.05, 3.63) is 30.1 Å². The van der Waals surface area contributed by atoms with Gasteiger partial charge in [0.05, 0.1) is 11.0 Å². The first-order valence-corrected chi connectivity index (χ1v) is 9.47. The molecule has 7 heteroatoms. The Morgan fingerprint density at radius 3 is 2.61 bits per heavy atom. The lowest BCUT2D eigenvalue weighted by Crippen LogP contribution is -2.47. The van der Waals surface area contributed by atoms with Gasteiger partial charge in [-0.3, -0.25) is 4.98 Å². The Kier molecular flexibility index (Phi) is 5.29. The van der Waals surface area contributed by atoms with Crippen molar-refractivity contribution in [3.8, 4) is 0 Å². The summed E-state index contributed by atoms with van der Waals surface area (Å²) in [7, 11) is -3.32. The molecule has 1 unspecified atom stereocenters. The number of hydrogen-bond acceptors (Lipinski definition) is 5. The van der Waals surface area contributed by atoms with Gasteiger partial charge in [0.15, 0.2) is 9.84 Å². The molecule has 1 aliphatic heterocycles. The van der Waals surface area contributed by atoms with Crippen molar-refractivity contribution in [2.75, 3.05) is 13.1 Å². The highest BCUT2D eigenvalue weighted by Gasteiger charge is 2.34. The summed E-state index contributed by atoms with van der Waals surface area (Å²) >= 11 is 0. The summed E-state index contributed by atoms with van der Waals surface area (Å²) in [6, 6.07) is 3.40. The van der Waals surface area contributed by atoms with E-state index >= 15 is 0 Å². The molecule has 2 rings (SSSR count). The fraction of sp³-hybridized carbons (Fsp3) is 0.625. The molecule has 0 N–H and O–H groups in total. The number of piperidine rings is 1. The van der Waals surface area contributed by atoms with Crippen LogP contribution < -0.4 is 0 Å². The standard InChI is InChI=1S/C16H24N2O4S/c1-16(2,3)22-15(19)18-10-4-5-14(11-18)23(20,21)12-13-6-8-17-9-7-13/h6-9,14H,4-5,10-12H2,1-3H3. The average Bonchev–Trinajstić information content (AvgIpc) is 2.46. The number of nitrogens with zero attached hydrogens (tertiary/aromatic N) is 2. The topological polar surface area (TPSA) is 76.6 Å². The number of ether oxygens (including phenoxy) is 1. The van der Waals surface area contributed by atoms with Crippen LogP contribution in [-0.4, -0.2) is 48.3 Å². The Morgan fingerprint density at radius 2 is 2.00 bits per heavy atom. The molecule has 1 amide bonds. The van der Waals surface area contributed by atoms with Crippen LogP contribution in [0.25, 0.3) is 0 Å². The summed E-state index contributed by atoms with van der Waals surface area (Å²) in [6.07, 6.45) is 3.96. The van der Waals surface area contributed by atoms with Gasteiger partial charge in [0, 0.05) is 25.5 Å². The minimum Gasteiger partial charge on any atom is -0.444 e. The zero-order valence-corrected chi connectivity index (χ0v) is 14.7. The van der Waals surface area contributed by atoms with Crippen molar-refractivity contribution in [1.82, 2.24) is 9.88 Å². The van der Waals surface area contributed by atoms with E-state index < -0.39 is 26.8 Å². The molecule has 0 radical (unpaired) electrons. The van der Waals surface area contributed by atoms with Crippen molar-refractivity contribution < 1.29 is 17.9 Å². The van der Waals surface area contributed by atoms with E-state index in [2.05, 4.69) is 4.98 Å². The van der Waals surface area contributed by atoms with Gasteiger partial charge in [-0.05, 0) is 51.3 Å². The van der Waals surface area contributed by atoms with Crippen LogP contribution in [0.1, 0.15) is 39.2 Å². The third-order valence-corrected chi connectivity index (χ3v) is 5.79. The van der Waals surface area contributed by atoms with Crippen LogP contribution in [0.4, 0.5) is 4.79 Å². The largest absolute Gasteiger partial charge is 0.444 e. The van der Waals surface area contributed by atoms with Crippen LogP contribution in [0.2, 0.25) is 0 Å². The van der Waals surface area contributed by atoms with Crippen molar-refractivity contribution in [2.24, 2.45) is 0 Å². The van der Waals surface area contributed by atoms with E-state index in [9.17, 15) is 13.2 Å². The molecule has 128 valence electrons. The van der Waals surface area contributed by atoms with Crippen LogP contribution >= 0.6 is 0 Å². The SMILES string of the molecule is CC(C)(C)OC(=O)N1CCCC(S(=O)(=O)Cc2ccncc2)C1. The molecule has 0 bridgehead atoms. The lowest BCUT2D eigenvalue weighted by atomic mass is 10.1. The molecule has 6 nitrogen and oxygen atoms in total. The molecule has 0 aromatic carbocycles. The molecule has 1 saturated heterocycles. The summed E-state index contributed by atoms with van der Waals surface area (Å²) < 4.78 is 30.6. The van der Waals surface area contributed by atoms with Gasteiger partial charge in [0.1, 0.15) is 5.60 Å². The van der Waals surface area contributed by atoms with E-state index in [-0.39, 0.29) is 12.3 Å². The third kappa shape index (κ3) is 5.20. The second kappa shape index (κ2) is 6.86. The van der Waals surface area contributed by atoms with E-state index in [1.807, 2.05) is 0 Å². The first kappa shape index (κ1) is 17.7. The summed E-state index contributed by atoms with van der Waals surface area (Å²) in [5.41, 5.74) is 0.134. The monoisotopic (exact) mass is 340 g/mol. The number of rotatable bonds is 3. The number of carbonyl (C=O) groups is 1. The molecule has 0 aliphatic carbocycles. The summed E-state index contributed by atoms with van der Waals surface area (Å²) in [5, 5.41) is -0.545. The number of sulfone groups is 1. The van der Waals surface area contributed by atoms with E-state index in [0.717, 1.165) is 5.56 Å². The van der Waals surface area contributed by atoms with Gasteiger partial charge in [-0.1, -0.05) is 0 Å². The average molecular weight is 340 g/mol. The first-order valence-electron chi connectivity index (χ1n) is 7.76. The van der Waals surface area contributed by atoms with Gasteiger partial charge in [0.2, 0.25) is 0 Å². The number of amides is 1. The molecule has 1 fully saturated rings. The number of likely N-dealkylation sites (tertiary alicyclic amines) is 1. The number of pyridine rings is 1. The fourth-order valence-corrected chi connectivity index (χ4v) is 4.38. The maximum absolute atomic E-state index is 12.6.